The number of hydrogen-bond donors (Lipinski definition) is 2. The number of rotatable bonds is 6. The Morgan fingerprint density at radius 2 is 2.03 bits per heavy atom. The number of hydrogen-bond acceptors (Lipinski definition) is 6. The number of pyridine rings is 1. The molecule has 2 aliphatic rings. The second-order valence-electron chi connectivity index (χ2n) is 7.72. The van der Waals surface area contributed by atoms with E-state index in [-0.39, 0.29) is 5.91 Å². The van der Waals surface area contributed by atoms with Gasteiger partial charge in [-0.05, 0) is 48.5 Å². The quantitative estimate of drug-likeness (QED) is 0.547. The molecule has 8 heteroatoms. The van der Waals surface area contributed by atoms with Crippen LogP contribution in [0, 0.1) is 0 Å². The van der Waals surface area contributed by atoms with Gasteiger partial charge < -0.3 is 19.8 Å². The topological polar surface area (TPSA) is 79.6 Å². The predicted octanol–water partition coefficient (Wildman–Crippen LogP) is 4.23. The van der Waals surface area contributed by atoms with Crippen LogP contribution in [0.2, 0.25) is 5.02 Å². The lowest BCUT2D eigenvalue weighted by Crippen LogP contribution is -2.39. The summed E-state index contributed by atoms with van der Waals surface area (Å²) in [6.45, 7) is 5.36. The van der Waals surface area contributed by atoms with Gasteiger partial charge in [0.2, 0.25) is 0 Å². The van der Waals surface area contributed by atoms with Gasteiger partial charge in [-0.3, -0.25) is 9.69 Å². The number of ether oxygens (including phenoxy) is 1. The Morgan fingerprint density at radius 1 is 1.16 bits per heavy atom. The van der Waals surface area contributed by atoms with Crippen molar-refractivity contribution in [2.45, 2.75) is 0 Å². The molecular weight excluding hydrogens is 428 g/mol. The molecule has 1 aromatic carbocycles. The van der Waals surface area contributed by atoms with E-state index >= 15 is 0 Å². The molecule has 0 radical (unpaired) electrons. The lowest BCUT2D eigenvalue weighted by atomic mass is 10.1. The molecule has 0 aliphatic carbocycles. The van der Waals surface area contributed by atoms with Crippen LogP contribution >= 0.6 is 11.6 Å². The van der Waals surface area contributed by atoms with Crippen molar-refractivity contribution in [1.29, 1.82) is 0 Å². The van der Waals surface area contributed by atoms with E-state index in [4.69, 9.17) is 20.8 Å². The first-order valence-corrected chi connectivity index (χ1v) is 11.0. The molecule has 7 nitrogen and oxygen atoms in total. The molecule has 1 saturated heterocycles. The minimum Gasteiger partial charge on any atom is -0.457 e. The van der Waals surface area contributed by atoms with E-state index in [0.29, 0.717) is 22.1 Å². The highest BCUT2D eigenvalue weighted by atomic mass is 35.5. The summed E-state index contributed by atoms with van der Waals surface area (Å²) in [4.78, 5) is 19.2. The summed E-state index contributed by atoms with van der Waals surface area (Å²) in [5.41, 5.74) is 2.92. The molecule has 164 valence electrons. The first kappa shape index (κ1) is 20.8. The Balaban J connectivity index is 1.24. The van der Waals surface area contributed by atoms with Gasteiger partial charge in [-0.15, -0.1) is 0 Å². The predicted molar refractivity (Wildman–Crippen MR) is 126 cm³/mol. The highest BCUT2D eigenvalue weighted by Gasteiger charge is 2.24. The van der Waals surface area contributed by atoms with Gasteiger partial charge in [0.15, 0.2) is 0 Å². The monoisotopic (exact) mass is 450 g/mol. The van der Waals surface area contributed by atoms with Gasteiger partial charge in [-0.2, -0.15) is 0 Å². The average molecular weight is 451 g/mol. The number of furan rings is 1. The summed E-state index contributed by atoms with van der Waals surface area (Å²) in [5, 5.41) is 6.78. The number of benzene rings is 1. The van der Waals surface area contributed by atoms with Crippen LogP contribution in [0.4, 0.5) is 11.5 Å². The molecule has 5 rings (SSSR count). The minimum atomic E-state index is -0.172. The van der Waals surface area contributed by atoms with Crippen molar-refractivity contribution in [1.82, 2.24) is 9.88 Å². The Hall–Kier alpha value is -3.13. The van der Waals surface area contributed by atoms with Crippen molar-refractivity contribution < 1.29 is 13.9 Å². The number of anilines is 2. The molecule has 0 atom stereocenters. The molecular formula is C24H23ClN4O3. The van der Waals surface area contributed by atoms with E-state index in [2.05, 4.69) is 20.5 Å². The van der Waals surface area contributed by atoms with E-state index in [9.17, 15) is 4.79 Å². The third-order valence-electron chi connectivity index (χ3n) is 5.56. The fourth-order valence-corrected chi connectivity index (χ4v) is 4.01. The third kappa shape index (κ3) is 4.55. The second kappa shape index (κ2) is 9.16. The number of morpholine rings is 1. The van der Waals surface area contributed by atoms with Gasteiger partial charge in [-0.1, -0.05) is 11.6 Å². The second-order valence-corrected chi connectivity index (χ2v) is 8.15. The van der Waals surface area contributed by atoms with Crippen LogP contribution in [0.3, 0.4) is 0 Å². The molecule has 1 amide bonds. The number of nitrogens with one attached hydrogen (secondary N) is 2. The fourth-order valence-electron chi connectivity index (χ4n) is 3.84. The van der Waals surface area contributed by atoms with Gasteiger partial charge in [0, 0.05) is 54.2 Å². The number of fused-ring (bicyclic) bond motifs is 1. The van der Waals surface area contributed by atoms with Gasteiger partial charge in [0.1, 0.15) is 17.3 Å². The van der Waals surface area contributed by atoms with Crippen LogP contribution < -0.4 is 10.6 Å². The van der Waals surface area contributed by atoms with Crippen LogP contribution in [0.5, 0.6) is 0 Å². The summed E-state index contributed by atoms with van der Waals surface area (Å²) in [6.07, 6.45) is 3.51. The molecule has 0 spiro atoms. The fraction of sp³-hybridized carbons (Fsp3) is 0.250. The Bertz CT molecular complexity index is 1150. The summed E-state index contributed by atoms with van der Waals surface area (Å²) in [5.74, 6) is 1.93. The SMILES string of the molecule is O=C1Nc2ccc(Cl)cc2C1=Cc1ccc(-c2ccc(NCCN3CCOCC3)nc2)o1. The maximum Gasteiger partial charge on any atom is 0.256 e. The molecule has 2 aromatic heterocycles. The molecule has 4 heterocycles. The van der Waals surface area contributed by atoms with Crippen molar-refractivity contribution in [3.8, 4) is 11.3 Å². The van der Waals surface area contributed by atoms with Gasteiger partial charge in [0.25, 0.3) is 5.91 Å². The molecule has 0 bridgehead atoms. The third-order valence-corrected chi connectivity index (χ3v) is 5.80. The van der Waals surface area contributed by atoms with E-state index in [1.54, 1.807) is 30.5 Å². The van der Waals surface area contributed by atoms with Crippen molar-refractivity contribution in [3.05, 3.63) is 65.0 Å². The highest BCUT2D eigenvalue weighted by Crippen LogP contribution is 2.35. The number of carbonyl (C=O) groups excluding carboxylic acids is 1. The maximum absolute atomic E-state index is 12.4. The van der Waals surface area contributed by atoms with Gasteiger partial charge in [0.05, 0.1) is 18.8 Å². The zero-order valence-corrected chi connectivity index (χ0v) is 18.2. The van der Waals surface area contributed by atoms with Crippen LogP contribution in [0.25, 0.3) is 23.0 Å². The van der Waals surface area contributed by atoms with Crippen molar-refractivity contribution in [3.63, 3.8) is 0 Å². The number of aromatic nitrogens is 1. The van der Waals surface area contributed by atoms with E-state index in [1.165, 1.54) is 0 Å². The molecule has 0 unspecified atom stereocenters. The zero-order valence-electron chi connectivity index (χ0n) is 17.4. The minimum absolute atomic E-state index is 0.172. The highest BCUT2D eigenvalue weighted by molar-refractivity contribution is 6.36. The van der Waals surface area contributed by atoms with E-state index < -0.39 is 0 Å². The van der Waals surface area contributed by atoms with Gasteiger partial charge in [-0.25, -0.2) is 4.98 Å². The first-order valence-electron chi connectivity index (χ1n) is 10.6. The van der Waals surface area contributed by atoms with Crippen LogP contribution in [-0.2, 0) is 9.53 Å². The number of halogens is 1. The molecule has 1 fully saturated rings. The molecule has 32 heavy (non-hydrogen) atoms. The summed E-state index contributed by atoms with van der Waals surface area (Å²) in [7, 11) is 0. The number of carbonyl (C=O) groups is 1. The average Bonchev–Trinajstić information content (AvgIpc) is 3.40. The number of nitrogens with zero attached hydrogens (tertiary/aromatic N) is 2. The molecule has 2 N–H and O–H groups in total. The lowest BCUT2D eigenvalue weighted by Gasteiger charge is -2.26. The summed E-state index contributed by atoms with van der Waals surface area (Å²) < 4.78 is 11.3. The largest absolute Gasteiger partial charge is 0.457 e. The standard InChI is InChI=1S/C24H23ClN4O3/c25-17-2-4-21-19(13-17)20(24(30)28-21)14-18-3-5-22(32-18)16-1-6-23(27-15-16)26-7-8-29-9-11-31-12-10-29/h1-6,13-15H,7-12H2,(H,26,27)(H,28,30). The Labute approximate surface area is 191 Å². The van der Waals surface area contributed by atoms with Crippen molar-refractivity contribution >= 4 is 40.7 Å². The van der Waals surface area contributed by atoms with E-state index in [1.807, 2.05) is 24.3 Å². The molecule has 0 saturated carbocycles. The first-order chi connectivity index (χ1) is 15.7. The maximum atomic E-state index is 12.4. The van der Waals surface area contributed by atoms with E-state index in [0.717, 1.165) is 62.0 Å². The van der Waals surface area contributed by atoms with Crippen LogP contribution in [0.1, 0.15) is 11.3 Å². The lowest BCUT2D eigenvalue weighted by molar-refractivity contribution is -0.110. The molecule has 2 aliphatic heterocycles. The number of amides is 1. The molecule has 3 aromatic rings. The normalized spacial score (nSPS) is 17.4. The smallest absolute Gasteiger partial charge is 0.256 e. The zero-order chi connectivity index (χ0) is 21.9. The van der Waals surface area contributed by atoms with Gasteiger partial charge >= 0.3 is 0 Å². The van der Waals surface area contributed by atoms with Crippen molar-refractivity contribution in [2.24, 2.45) is 0 Å². The Kier molecular flexibility index (Phi) is 5.94. The summed E-state index contributed by atoms with van der Waals surface area (Å²) >= 11 is 6.10. The van der Waals surface area contributed by atoms with Crippen LogP contribution in [0.15, 0.2) is 53.1 Å². The van der Waals surface area contributed by atoms with Crippen LogP contribution in [-0.4, -0.2) is 55.2 Å². The van der Waals surface area contributed by atoms with Crippen molar-refractivity contribution in [2.75, 3.05) is 50.0 Å². The Morgan fingerprint density at radius 3 is 2.84 bits per heavy atom. The summed E-state index contributed by atoms with van der Waals surface area (Å²) in [6, 6.07) is 13.0.